The van der Waals surface area contributed by atoms with Gasteiger partial charge in [-0.25, -0.2) is 0 Å². The molecule has 0 saturated carbocycles. The lowest BCUT2D eigenvalue weighted by atomic mass is 10.0. The standard InChI is InChI=1S/C26H29NO3/c1-19-10-11-21(15-20(19)2)9-6-14-27-26(29)17-23-12-13-24(28)25(16-23)30-18-22-7-4-3-5-8-22/h3-5,7-8,10-13,15-16,28H,6,9,14,17-18H2,1-2H3,(H,27,29). The Morgan fingerprint density at radius 3 is 2.43 bits per heavy atom. The molecular formula is C26H29NO3. The van der Waals surface area contributed by atoms with E-state index in [1.165, 1.54) is 16.7 Å². The minimum Gasteiger partial charge on any atom is -0.504 e. The predicted molar refractivity (Wildman–Crippen MR) is 120 cm³/mol. The summed E-state index contributed by atoms with van der Waals surface area (Å²) in [4.78, 5) is 12.3. The zero-order chi connectivity index (χ0) is 21.3. The maximum absolute atomic E-state index is 12.3. The second kappa shape index (κ2) is 10.5. The summed E-state index contributed by atoms with van der Waals surface area (Å²) < 4.78 is 5.73. The summed E-state index contributed by atoms with van der Waals surface area (Å²) in [5.41, 5.74) is 5.72. The largest absolute Gasteiger partial charge is 0.504 e. The van der Waals surface area contributed by atoms with Crippen LogP contribution in [0, 0.1) is 13.8 Å². The number of hydrogen-bond donors (Lipinski definition) is 2. The van der Waals surface area contributed by atoms with Crippen molar-refractivity contribution < 1.29 is 14.6 Å². The highest BCUT2D eigenvalue weighted by Crippen LogP contribution is 2.28. The number of phenolic OH excluding ortho intramolecular Hbond substituents is 1. The van der Waals surface area contributed by atoms with E-state index in [-0.39, 0.29) is 18.1 Å². The second-order valence-corrected chi connectivity index (χ2v) is 7.63. The number of aromatic hydroxyl groups is 1. The van der Waals surface area contributed by atoms with Crippen molar-refractivity contribution in [2.45, 2.75) is 39.7 Å². The minimum absolute atomic E-state index is 0.0326. The lowest BCUT2D eigenvalue weighted by molar-refractivity contribution is -0.120. The summed E-state index contributed by atoms with van der Waals surface area (Å²) in [6.07, 6.45) is 2.10. The molecule has 0 aliphatic rings. The van der Waals surface area contributed by atoms with Crippen LogP contribution >= 0.6 is 0 Å². The first-order valence-electron chi connectivity index (χ1n) is 10.3. The van der Waals surface area contributed by atoms with Gasteiger partial charge in [-0.15, -0.1) is 0 Å². The zero-order valence-corrected chi connectivity index (χ0v) is 17.7. The highest BCUT2D eigenvalue weighted by atomic mass is 16.5. The number of phenols is 1. The van der Waals surface area contributed by atoms with Gasteiger partial charge in [0.1, 0.15) is 6.61 Å². The highest BCUT2D eigenvalue weighted by Gasteiger charge is 2.08. The number of ether oxygens (including phenoxy) is 1. The number of carbonyl (C=O) groups is 1. The average molecular weight is 404 g/mol. The molecule has 156 valence electrons. The summed E-state index contributed by atoms with van der Waals surface area (Å²) in [5.74, 6) is 0.428. The van der Waals surface area contributed by atoms with Crippen molar-refractivity contribution in [3.8, 4) is 11.5 Å². The smallest absolute Gasteiger partial charge is 0.224 e. The van der Waals surface area contributed by atoms with Crippen LogP contribution in [-0.2, 0) is 24.2 Å². The lowest BCUT2D eigenvalue weighted by Gasteiger charge is -2.11. The monoisotopic (exact) mass is 403 g/mol. The van der Waals surface area contributed by atoms with Crippen LogP contribution in [0.5, 0.6) is 11.5 Å². The van der Waals surface area contributed by atoms with E-state index in [2.05, 4.69) is 37.4 Å². The van der Waals surface area contributed by atoms with E-state index in [0.29, 0.717) is 18.9 Å². The zero-order valence-electron chi connectivity index (χ0n) is 17.7. The Balaban J connectivity index is 1.45. The Labute approximate surface area is 178 Å². The van der Waals surface area contributed by atoms with Crippen LogP contribution in [0.2, 0.25) is 0 Å². The molecule has 0 aromatic heterocycles. The van der Waals surface area contributed by atoms with E-state index >= 15 is 0 Å². The molecule has 3 aromatic carbocycles. The van der Waals surface area contributed by atoms with Gasteiger partial charge in [0, 0.05) is 6.54 Å². The van der Waals surface area contributed by atoms with Crippen LogP contribution in [0.3, 0.4) is 0 Å². The Kier molecular flexibility index (Phi) is 7.50. The molecule has 0 aliphatic heterocycles. The van der Waals surface area contributed by atoms with Crippen LogP contribution in [0.4, 0.5) is 0 Å². The molecule has 3 aromatic rings. The van der Waals surface area contributed by atoms with E-state index in [4.69, 9.17) is 4.74 Å². The van der Waals surface area contributed by atoms with Crippen molar-refractivity contribution in [3.63, 3.8) is 0 Å². The number of benzene rings is 3. The van der Waals surface area contributed by atoms with Gasteiger partial charge in [0.2, 0.25) is 5.91 Å². The van der Waals surface area contributed by atoms with Crippen LogP contribution in [-0.4, -0.2) is 17.6 Å². The van der Waals surface area contributed by atoms with E-state index < -0.39 is 0 Å². The molecule has 0 heterocycles. The quantitative estimate of drug-likeness (QED) is 0.501. The first-order valence-corrected chi connectivity index (χ1v) is 10.3. The molecule has 0 fully saturated rings. The van der Waals surface area contributed by atoms with Gasteiger partial charge in [0.05, 0.1) is 6.42 Å². The summed E-state index contributed by atoms with van der Waals surface area (Å²) in [6.45, 7) is 5.24. The van der Waals surface area contributed by atoms with Crippen LogP contribution in [0.25, 0.3) is 0 Å². The molecule has 0 aliphatic carbocycles. The molecule has 0 saturated heterocycles. The van der Waals surface area contributed by atoms with Crippen LogP contribution in [0.1, 0.15) is 34.2 Å². The van der Waals surface area contributed by atoms with Crippen molar-refractivity contribution in [2.24, 2.45) is 0 Å². The van der Waals surface area contributed by atoms with Gasteiger partial charge < -0.3 is 15.2 Å². The SMILES string of the molecule is Cc1ccc(CCCNC(=O)Cc2ccc(O)c(OCc3ccccc3)c2)cc1C. The molecule has 4 heteroatoms. The molecule has 0 unspecified atom stereocenters. The van der Waals surface area contributed by atoms with Crippen LogP contribution < -0.4 is 10.1 Å². The Morgan fingerprint density at radius 1 is 0.900 bits per heavy atom. The first kappa shape index (κ1) is 21.4. The fourth-order valence-electron chi connectivity index (χ4n) is 3.25. The summed E-state index contributed by atoms with van der Waals surface area (Å²) in [5, 5.41) is 13.0. The fraction of sp³-hybridized carbons (Fsp3) is 0.269. The van der Waals surface area contributed by atoms with Gasteiger partial charge in [-0.3, -0.25) is 4.79 Å². The lowest BCUT2D eigenvalue weighted by Crippen LogP contribution is -2.26. The molecule has 4 nitrogen and oxygen atoms in total. The van der Waals surface area contributed by atoms with Gasteiger partial charge in [-0.05, 0) is 66.6 Å². The van der Waals surface area contributed by atoms with Crippen molar-refractivity contribution in [2.75, 3.05) is 6.54 Å². The topological polar surface area (TPSA) is 58.6 Å². The van der Waals surface area contributed by atoms with Gasteiger partial charge in [-0.1, -0.05) is 54.6 Å². The van der Waals surface area contributed by atoms with Gasteiger partial charge in [0.15, 0.2) is 11.5 Å². The fourth-order valence-corrected chi connectivity index (χ4v) is 3.25. The molecule has 30 heavy (non-hydrogen) atoms. The molecular weight excluding hydrogens is 374 g/mol. The van der Waals surface area contributed by atoms with E-state index in [1.807, 2.05) is 30.3 Å². The molecule has 0 radical (unpaired) electrons. The van der Waals surface area contributed by atoms with Crippen molar-refractivity contribution in [3.05, 3.63) is 94.5 Å². The number of carbonyl (C=O) groups excluding carboxylic acids is 1. The van der Waals surface area contributed by atoms with Gasteiger partial charge >= 0.3 is 0 Å². The minimum atomic E-state index is -0.0326. The number of amides is 1. The van der Waals surface area contributed by atoms with Crippen molar-refractivity contribution in [1.29, 1.82) is 0 Å². The number of aryl methyl sites for hydroxylation is 3. The van der Waals surface area contributed by atoms with Crippen molar-refractivity contribution in [1.82, 2.24) is 5.32 Å². The molecule has 3 rings (SSSR count). The highest BCUT2D eigenvalue weighted by molar-refractivity contribution is 5.78. The maximum Gasteiger partial charge on any atom is 0.224 e. The summed E-state index contributed by atoms with van der Waals surface area (Å²) >= 11 is 0. The summed E-state index contributed by atoms with van der Waals surface area (Å²) in [7, 11) is 0. The molecule has 0 bridgehead atoms. The number of nitrogens with one attached hydrogen (secondary N) is 1. The number of rotatable bonds is 9. The summed E-state index contributed by atoms with van der Waals surface area (Å²) in [6, 6.07) is 21.3. The van der Waals surface area contributed by atoms with Crippen molar-refractivity contribution >= 4 is 5.91 Å². The van der Waals surface area contributed by atoms with E-state index in [0.717, 1.165) is 24.0 Å². The van der Waals surface area contributed by atoms with Crippen LogP contribution in [0.15, 0.2) is 66.7 Å². The first-order chi connectivity index (χ1) is 14.5. The third-order valence-electron chi connectivity index (χ3n) is 5.16. The molecule has 2 N–H and O–H groups in total. The Bertz CT molecular complexity index is 983. The van der Waals surface area contributed by atoms with E-state index in [1.54, 1.807) is 18.2 Å². The van der Waals surface area contributed by atoms with Gasteiger partial charge in [-0.2, -0.15) is 0 Å². The average Bonchev–Trinajstić information content (AvgIpc) is 2.75. The van der Waals surface area contributed by atoms with E-state index in [9.17, 15) is 9.90 Å². The Hall–Kier alpha value is -3.27. The molecule has 0 atom stereocenters. The third-order valence-corrected chi connectivity index (χ3v) is 5.16. The Morgan fingerprint density at radius 2 is 1.67 bits per heavy atom. The molecule has 0 spiro atoms. The molecule has 1 amide bonds. The predicted octanol–water partition coefficient (Wildman–Crippen LogP) is 4.88. The second-order valence-electron chi connectivity index (χ2n) is 7.63. The number of hydrogen-bond acceptors (Lipinski definition) is 3. The van der Waals surface area contributed by atoms with Gasteiger partial charge in [0.25, 0.3) is 0 Å². The normalized spacial score (nSPS) is 10.6. The third kappa shape index (κ3) is 6.38. The maximum atomic E-state index is 12.3.